The molecule has 0 bridgehead atoms. The minimum Gasteiger partial charge on any atom is -0.380 e. The zero-order valence-electron chi connectivity index (χ0n) is 9.01. The summed E-state index contributed by atoms with van der Waals surface area (Å²) < 4.78 is 5.34. The monoisotopic (exact) mass is 200 g/mol. The predicted octanol–water partition coefficient (Wildman–Crippen LogP) is 0.280. The van der Waals surface area contributed by atoms with Crippen LogP contribution in [0, 0.1) is 0 Å². The molecule has 0 heterocycles. The average Bonchev–Trinajstić information content (AvgIpc) is 2.65. The van der Waals surface area contributed by atoms with Gasteiger partial charge in [0.15, 0.2) is 0 Å². The smallest absolute Gasteiger partial charge is 0.221 e. The zero-order valence-corrected chi connectivity index (χ0v) is 9.01. The first-order chi connectivity index (χ1) is 6.77. The Morgan fingerprint density at radius 2 is 2.29 bits per heavy atom. The van der Waals surface area contributed by atoms with Gasteiger partial charge in [-0.25, -0.2) is 0 Å². The topological polar surface area (TPSA) is 50.4 Å². The predicted molar refractivity (Wildman–Crippen MR) is 55.1 cm³/mol. The lowest BCUT2D eigenvalue weighted by molar-refractivity contribution is -0.120. The first-order valence-corrected chi connectivity index (χ1v) is 5.24. The first-order valence-electron chi connectivity index (χ1n) is 5.24. The zero-order chi connectivity index (χ0) is 10.4. The molecule has 1 saturated carbocycles. The summed E-state index contributed by atoms with van der Waals surface area (Å²) in [6.07, 6.45) is 4.39. The van der Waals surface area contributed by atoms with E-state index >= 15 is 0 Å². The minimum absolute atomic E-state index is 0.0875. The summed E-state index contributed by atoms with van der Waals surface area (Å²) in [7, 11) is 3.42. The van der Waals surface area contributed by atoms with Crippen LogP contribution in [0.2, 0.25) is 0 Å². The van der Waals surface area contributed by atoms with Crippen molar-refractivity contribution >= 4 is 5.91 Å². The molecule has 82 valence electrons. The molecular weight excluding hydrogens is 180 g/mol. The number of amides is 1. The van der Waals surface area contributed by atoms with Gasteiger partial charge in [-0.2, -0.15) is 0 Å². The highest BCUT2D eigenvalue weighted by atomic mass is 16.5. The van der Waals surface area contributed by atoms with Gasteiger partial charge in [-0.05, 0) is 19.3 Å². The van der Waals surface area contributed by atoms with E-state index in [0.717, 1.165) is 19.4 Å². The SMILES string of the molecule is CNC(=O)CCNC1CCCC1OC. The molecule has 0 saturated heterocycles. The summed E-state index contributed by atoms with van der Waals surface area (Å²) in [4.78, 5) is 11.0. The molecule has 0 aromatic rings. The second kappa shape index (κ2) is 5.98. The molecule has 0 spiro atoms. The van der Waals surface area contributed by atoms with Crippen molar-refractivity contribution in [2.24, 2.45) is 0 Å². The maximum absolute atomic E-state index is 11.0. The van der Waals surface area contributed by atoms with Gasteiger partial charge >= 0.3 is 0 Å². The van der Waals surface area contributed by atoms with Crippen LogP contribution in [-0.2, 0) is 9.53 Å². The fraction of sp³-hybridized carbons (Fsp3) is 0.900. The van der Waals surface area contributed by atoms with E-state index in [1.807, 2.05) is 0 Å². The van der Waals surface area contributed by atoms with E-state index in [4.69, 9.17) is 4.74 Å². The maximum Gasteiger partial charge on any atom is 0.221 e. The molecule has 2 atom stereocenters. The molecule has 1 aliphatic rings. The van der Waals surface area contributed by atoms with Crippen LogP contribution in [0.15, 0.2) is 0 Å². The van der Waals surface area contributed by atoms with E-state index in [1.165, 1.54) is 6.42 Å². The second-order valence-corrected chi connectivity index (χ2v) is 3.69. The Labute approximate surface area is 85.4 Å². The third kappa shape index (κ3) is 3.27. The molecule has 0 aromatic carbocycles. The number of carbonyl (C=O) groups is 1. The molecule has 1 amide bonds. The number of nitrogens with one attached hydrogen (secondary N) is 2. The summed E-state index contributed by atoms with van der Waals surface area (Å²) in [5, 5.41) is 5.97. The second-order valence-electron chi connectivity index (χ2n) is 3.69. The van der Waals surface area contributed by atoms with Crippen molar-refractivity contribution in [3.8, 4) is 0 Å². The quantitative estimate of drug-likeness (QED) is 0.670. The lowest BCUT2D eigenvalue weighted by Crippen LogP contribution is -2.38. The Morgan fingerprint density at radius 3 is 2.93 bits per heavy atom. The van der Waals surface area contributed by atoms with Crippen LogP contribution in [0.1, 0.15) is 25.7 Å². The van der Waals surface area contributed by atoms with Crippen molar-refractivity contribution in [2.45, 2.75) is 37.8 Å². The van der Waals surface area contributed by atoms with Crippen LogP contribution >= 0.6 is 0 Å². The molecule has 14 heavy (non-hydrogen) atoms. The molecule has 4 nitrogen and oxygen atoms in total. The Morgan fingerprint density at radius 1 is 1.50 bits per heavy atom. The standard InChI is InChI=1S/C10H20N2O2/c1-11-10(13)6-7-12-8-4-3-5-9(8)14-2/h8-9,12H,3-7H2,1-2H3,(H,11,13). The number of ether oxygens (including phenoxy) is 1. The molecular formula is C10H20N2O2. The van der Waals surface area contributed by atoms with Crippen LogP contribution in [0.4, 0.5) is 0 Å². The highest BCUT2D eigenvalue weighted by Crippen LogP contribution is 2.21. The number of hydrogen-bond acceptors (Lipinski definition) is 3. The van der Waals surface area contributed by atoms with Gasteiger partial charge in [0.05, 0.1) is 6.10 Å². The Balaban J connectivity index is 2.14. The van der Waals surface area contributed by atoms with Crippen LogP contribution < -0.4 is 10.6 Å². The van der Waals surface area contributed by atoms with Gasteiger partial charge in [-0.15, -0.1) is 0 Å². The molecule has 2 unspecified atom stereocenters. The van der Waals surface area contributed by atoms with Gasteiger partial charge in [-0.1, -0.05) is 0 Å². The van der Waals surface area contributed by atoms with Crippen molar-refractivity contribution in [2.75, 3.05) is 20.7 Å². The summed E-state index contributed by atoms with van der Waals surface area (Å²) in [6, 6.07) is 0.435. The van der Waals surface area contributed by atoms with Gasteiger partial charge in [0.1, 0.15) is 0 Å². The van der Waals surface area contributed by atoms with Crippen molar-refractivity contribution < 1.29 is 9.53 Å². The highest BCUT2D eigenvalue weighted by molar-refractivity contribution is 5.75. The fourth-order valence-electron chi connectivity index (χ4n) is 1.94. The lowest BCUT2D eigenvalue weighted by Gasteiger charge is -2.19. The molecule has 2 N–H and O–H groups in total. The van der Waals surface area contributed by atoms with E-state index < -0.39 is 0 Å². The maximum atomic E-state index is 11.0. The van der Waals surface area contributed by atoms with Gasteiger partial charge in [-0.3, -0.25) is 4.79 Å². The van der Waals surface area contributed by atoms with Gasteiger partial charge in [0.25, 0.3) is 0 Å². The van der Waals surface area contributed by atoms with Crippen LogP contribution in [0.3, 0.4) is 0 Å². The third-order valence-corrected chi connectivity index (χ3v) is 2.79. The van der Waals surface area contributed by atoms with Crippen molar-refractivity contribution in [3.63, 3.8) is 0 Å². The first kappa shape index (κ1) is 11.5. The van der Waals surface area contributed by atoms with Gasteiger partial charge in [0, 0.05) is 33.2 Å². The molecule has 1 rings (SSSR count). The van der Waals surface area contributed by atoms with E-state index in [-0.39, 0.29) is 5.91 Å². The van der Waals surface area contributed by atoms with E-state index in [1.54, 1.807) is 14.2 Å². The van der Waals surface area contributed by atoms with Gasteiger partial charge in [0.2, 0.25) is 5.91 Å². The molecule has 0 aliphatic heterocycles. The van der Waals surface area contributed by atoms with Crippen molar-refractivity contribution in [1.29, 1.82) is 0 Å². The Bertz CT molecular complexity index is 185. The number of hydrogen-bond donors (Lipinski definition) is 2. The van der Waals surface area contributed by atoms with Crippen molar-refractivity contribution in [3.05, 3.63) is 0 Å². The Kier molecular flexibility index (Phi) is 4.90. The Hall–Kier alpha value is -0.610. The summed E-state index contributed by atoms with van der Waals surface area (Å²) >= 11 is 0. The van der Waals surface area contributed by atoms with Crippen LogP contribution in [-0.4, -0.2) is 38.8 Å². The lowest BCUT2D eigenvalue weighted by atomic mass is 10.2. The fourth-order valence-corrected chi connectivity index (χ4v) is 1.94. The largest absolute Gasteiger partial charge is 0.380 e. The average molecular weight is 200 g/mol. The van der Waals surface area contributed by atoms with Crippen molar-refractivity contribution in [1.82, 2.24) is 10.6 Å². The van der Waals surface area contributed by atoms with Crippen LogP contribution in [0.5, 0.6) is 0 Å². The highest BCUT2D eigenvalue weighted by Gasteiger charge is 2.26. The molecule has 0 radical (unpaired) electrons. The summed E-state index contributed by atoms with van der Waals surface area (Å²) in [5.41, 5.74) is 0. The molecule has 4 heteroatoms. The molecule has 1 fully saturated rings. The van der Waals surface area contributed by atoms with E-state index in [0.29, 0.717) is 18.6 Å². The van der Waals surface area contributed by atoms with E-state index in [9.17, 15) is 4.79 Å². The normalized spacial score (nSPS) is 26.4. The molecule has 1 aliphatic carbocycles. The van der Waals surface area contributed by atoms with Gasteiger partial charge < -0.3 is 15.4 Å². The minimum atomic E-state index is 0.0875. The number of methoxy groups -OCH3 is 1. The third-order valence-electron chi connectivity index (χ3n) is 2.79. The summed E-state index contributed by atoms with van der Waals surface area (Å²) in [6.45, 7) is 0.740. The number of carbonyl (C=O) groups excluding carboxylic acids is 1. The number of rotatable bonds is 5. The summed E-state index contributed by atoms with van der Waals surface area (Å²) in [5.74, 6) is 0.0875. The molecule has 0 aromatic heterocycles. The van der Waals surface area contributed by atoms with E-state index in [2.05, 4.69) is 10.6 Å². The van der Waals surface area contributed by atoms with Crippen LogP contribution in [0.25, 0.3) is 0 Å².